The Hall–Kier alpha value is -2.56. The van der Waals surface area contributed by atoms with Gasteiger partial charge < -0.3 is 10.4 Å². The number of nitrogens with zero attached hydrogens (tertiary/aromatic N) is 2. The quantitative estimate of drug-likeness (QED) is 0.849. The van der Waals surface area contributed by atoms with Crippen LogP contribution in [0.15, 0.2) is 23.0 Å². The molecule has 5 heteroatoms. The van der Waals surface area contributed by atoms with Crippen LogP contribution in [0.4, 0.5) is 11.5 Å². The minimum absolute atomic E-state index is 0.111. The fourth-order valence-corrected chi connectivity index (χ4v) is 1.96. The van der Waals surface area contributed by atoms with Crippen molar-refractivity contribution in [1.82, 2.24) is 9.55 Å². The molecular formula is C15H17N3O2. The summed E-state index contributed by atoms with van der Waals surface area (Å²) in [5.74, 6) is 0.299. The molecule has 0 bridgehead atoms. The van der Waals surface area contributed by atoms with Gasteiger partial charge in [-0.15, -0.1) is 0 Å². The van der Waals surface area contributed by atoms with Crippen LogP contribution in [0.2, 0.25) is 0 Å². The Morgan fingerprint density at radius 1 is 1.40 bits per heavy atom. The van der Waals surface area contributed by atoms with Gasteiger partial charge in [0.25, 0.3) is 5.56 Å². The molecule has 0 amide bonds. The fraction of sp³-hybridized carbons (Fsp3) is 0.200. The molecule has 1 aromatic carbocycles. The lowest BCUT2D eigenvalue weighted by molar-refractivity contribution is 0.538. The van der Waals surface area contributed by atoms with Gasteiger partial charge in [-0.25, -0.2) is 4.98 Å². The summed E-state index contributed by atoms with van der Waals surface area (Å²) in [6, 6.07) is 5.90. The van der Waals surface area contributed by atoms with E-state index in [1.165, 1.54) is 4.57 Å². The van der Waals surface area contributed by atoms with Crippen molar-refractivity contribution >= 4 is 24.3 Å². The summed E-state index contributed by atoms with van der Waals surface area (Å²) in [5.41, 5.74) is 2.99. The van der Waals surface area contributed by atoms with Crippen molar-refractivity contribution in [3.05, 3.63) is 50.4 Å². The Morgan fingerprint density at radius 3 is 2.70 bits per heavy atom. The van der Waals surface area contributed by atoms with E-state index in [2.05, 4.69) is 16.9 Å². The molecule has 0 spiro atoms. The van der Waals surface area contributed by atoms with Crippen LogP contribution in [0, 0.1) is 13.8 Å². The second-order valence-electron chi connectivity index (χ2n) is 4.73. The molecule has 0 aliphatic carbocycles. The second kappa shape index (κ2) is 5.21. The van der Waals surface area contributed by atoms with E-state index in [1.54, 1.807) is 7.05 Å². The van der Waals surface area contributed by atoms with Gasteiger partial charge in [-0.05, 0) is 25.5 Å². The van der Waals surface area contributed by atoms with Crippen LogP contribution in [0.1, 0.15) is 11.1 Å². The number of aromatic nitrogens is 2. The molecule has 0 radical (unpaired) electrons. The van der Waals surface area contributed by atoms with E-state index in [1.807, 2.05) is 32.0 Å². The number of hydrogen-bond donors (Lipinski definition) is 2. The highest BCUT2D eigenvalue weighted by Crippen LogP contribution is 2.18. The number of aliphatic hydroxyl groups is 1. The third-order valence-corrected chi connectivity index (χ3v) is 3.18. The van der Waals surface area contributed by atoms with Gasteiger partial charge in [0.2, 0.25) is 0 Å². The molecule has 0 saturated carbocycles. The smallest absolute Gasteiger partial charge is 0.266 e. The van der Waals surface area contributed by atoms with Gasteiger partial charge in [0.05, 0.1) is 6.26 Å². The van der Waals surface area contributed by atoms with Crippen LogP contribution in [0.5, 0.6) is 0 Å². The number of anilines is 2. The van der Waals surface area contributed by atoms with Crippen LogP contribution in [-0.2, 0) is 7.05 Å². The number of nitrogens with one attached hydrogen (secondary N) is 1. The van der Waals surface area contributed by atoms with Crippen molar-refractivity contribution in [2.75, 3.05) is 5.32 Å². The fourth-order valence-electron chi connectivity index (χ4n) is 1.96. The van der Waals surface area contributed by atoms with Gasteiger partial charge in [0.1, 0.15) is 16.5 Å². The summed E-state index contributed by atoms with van der Waals surface area (Å²) < 4.78 is 1.29. The first-order valence-electron chi connectivity index (χ1n) is 6.18. The van der Waals surface area contributed by atoms with Gasteiger partial charge in [-0.3, -0.25) is 9.36 Å². The monoisotopic (exact) mass is 271 g/mol. The second-order valence-corrected chi connectivity index (χ2v) is 4.73. The Bertz CT molecular complexity index is 822. The van der Waals surface area contributed by atoms with Crippen molar-refractivity contribution in [2.24, 2.45) is 7.05 Å². The standard InChI is InChI=1S/C15H17N3O2/c1-9-5-6-13(10(2)7-9)17-14-12(8-19)15(20)18(4)11(3)16-14/h5-8,19H,3H2,1-2,4H3,(H,16,17)/b12-8+. The van der Waals surface area contributed by atoms with Crippen LogP contribution in [-0.4, -0.2) is 14.7 Å². The highest BCUT2D eigenvalue weighted by Gasteiger charge is 2.07. The van der Waals surface area contributed by atoms with Crippen molar-refractivity contribution in [1.29, 1.82) is 0 Å². The topological polar surface area (TPSA) is 67.2 Å². The van der Waals surface area contributed by atoms with Crippen molar-refractivity contribution in [2.45, 2.75) is 13.8 Å². The molecule has 2 aromatic rings. The normalized spacial score (nSPS) is 11.7. The van der Waals surface area contributed by atoms with Crippen molar-refractivity contribution in [3.8, 4) is 0 Å². The third kappa shape index (κ3) is 2.42. The lowest BCUT2D eigenvalue weighted by Gasteiger charge is -2.10. The summed E-state index contributed by atoms with van der Waals surface area (Å²) in [7, 11) is 1.56. The van der Waals surface area contributed by atoms with Crippen molar-refractivity contribution < 1.29 is 5.11 Å². The van der Waals surface area contributed by atoms with E-state index in [0.717, 1.165) is 23.1 Å². The molecular weight excluding hydrogens is 254 g/mol. The average molecular weight is 271 g/mol. The maximum atomic E-state index is 12.0. The molecule has 20 heavy (non-hydrogen) atoms. The Labute approximate surface area is 116 Å². The summed E-state index contributed by atoms with van der Waals surface area (Å²) in [6.07, 6.45) is 0.765. The van der Waals surface area contributed by atoms with E-state index in [0.29, 0.717) is 11.3 Å². The molecule has 5 nitrogen and oxygen atoms in total. The first kappa shape index (κ1) is 13.9. The van der Waals surface area contributed by atoms with Gasteiger partial charge in [-0.1, -0.05) is 24.3 Å². The van der Waals surface area contributed by atoms with E-state index in [9.17, 15) is 9.90 Å². The van der Waals surface area contributed by atoms with Crippen LogP contribution in [0.25, 0.3) is 12.8 Å². The Balaban J connectivity index is 2.60. The average Bonchev–Trinajstić information content (AvgIpc) is 2.40. The zero-order valence-electron chi connectivity index (χ0n) is 11.8. The zero-order valence-corrected chi connectivity index (χ0v) is 11.8. The van der Waals surface area contributed by atoms with Crippen molar-refractivity contribution in [3.63, 3.8) is 0 Å². The zero-order chi connectivity index (χ0) is 14.9. The van der Waals surface area contributed by atoms with E-state index in [4.69, 9.17) is 0 Å². The first-order valence-corrected chi connectivity index (χ1v) is 6.18. The highest BCUT2D eigenvalue weighted by atomic mass is 16.2. The number of benzene rings is 1. The summed E-state index contributed by atoms with van der Waals surface area (Å²) in [6.45, 7) is 7.68. The van der Waals surface area contributed by atoms with E-state index < -0.39 is 0 Å². The largest absolute Gasteiger partial charge is 0.515 e. The van der Waals surface area contributed by atoms with E-state index >= 15 is 0 Å². The molecule has 0 fully saturated rings. The Morgan fingerprint density at radius 2 is 2.10 bits per heavy atom. The molecule has 2 rings (SSSR count). The molecule has 0 atom stereocenters. The number of aryl methyl sites for hydroxylation is 2. The predicted molar refractivity (Wildman–Crippen MR) is 80.5 cm³/mol. The minimum Gasteiger partial charge on any atom is -0.515 e. The lowest BCUT2D eigenvalue weighted by atomic mass is 10.1. The number of aliphatic hydroxyl groups excluding tert-OH is 1. The Kier molecular flexibility index (Phi) is 3.61. The minimum atomic E-state index is -0.347. The molecule has 0 aliphatic rings. The molecule has 1 aromatic heterocycles. The maximum Gasteiger partial charge on any atom is 0.266 e. The lowest BCUT2D eigenvalue weighted by Crippen LogP contribution is -2.44. The van der Waals surface area contributed by atoms with Gasteiger partial charge in [0, 0.05) is 12.7 Å². The molecule has 0 saturated heterocycles. The van der Waals surface area contributed by atoms with Crippen LogP contribution >= 0.6 is 0 Å². The first-order chi connectivity index (χ1) is 9.43. The third-order valence-electron chi connectivity index (χ3n) is 3.18. The molecule has 1 heterocycles. The van der Waals surface area contributed by atoms with Crippen LogP contribution in [0.3, 0.4) is 0 Å². The number of hydrogen-bond acceptors (Lipinski definition) is 4. The molecule has 2 N–H and O–H groups in total. The SMILES string of the molecule is C=c1nc(Nc2ccc(C)cc2C)/c(=C\O)c(=O)n1C. The highest BCUT2D eigenvalue weighted by molar-refractivity contribution is 5.61. The molecule has 0 unspecified atom stereocenters. The van der Waals surface area contributed by atoms with Gasteiger partial charge >= 0.3 is 0 Å². The predicted octanol–water partition coefficient (Wildman–Crippen LogP) is 0.847. The summed E-state index contributed by atoms with van der Waals surface area (Å²) in [4.78, 5) is 16.2. The van der Waals surface area contributed by atoms with Crippen LogP contribution < -0.4 is 21.6 Å². The van der Waals surface area contributed by atoms with E-state index in [-0.39, 0.29) is 10.8 Å². The molecule has 104 valence electrons. The van der Waals surface area contributed by atoms with Gasteiger partial charge in [-0.2, -0.15) is 0 Å². The number of rotatable bonds is 2. The molecule has 0 aliphatic heterocycles. The summed E-state index contributed by atoms with van der Waals surface area (Å²) in [5, 5.41) is 12.5. The summed E-state index contributed by atoms with van der Waals surface area (Å²) >= 11 is 0. The van der Waals surface area contributed by atoms with Gasteiger partial charge in [0.15, 0.2) is 0 Å². The maximum absolute atomic E-state index is 12.0.